The molecule has 0 saturated heterocycles. The van der Waals surface area contributed by atoms with Crippen molar-refractivity contribution in [3.05, 3.63) is 28.2 Å². The molecular formula is C13H15BrOS. The highest BCUT2D eigenvalue weighted by Crippen LogP contribution is 2.35. The zero-order chi connectivity index (χ0) is 11.4. The monoisotopic (exact) mass is 298 g/mol. The molecule has 1 aromatic carbocycles. The van der Waals surface area contributed by atoms with Gasteiger partial charge in [-0.25, -0.2) is 0 Å². The van der Waals surface area contributed by atoms with Crippen molar-refractivity contribution in [1.82, 2.24) is 0 Å². The molecule has 0 amide bonds. The first-order valence-electron chi connectivity index (χ1n) is 5.71. The van der Waals surface area contributed by atoms with Crippen LogP contribution in [0.15, 0.2) is 27.6 Å². The van der Waals surface area contributed by atoms with Gasteiger partial charge in [0.15, 0.2) is 6.29 Å². The zero-order valence-corrected chi connectivity index (χ0v) is 11.5. The van der Waals surface area contributed by atoms with E-state index in [0.717, 1.165) is 21.2 Å². The van der Waals surface area contributed by atoms with Gasteiger partial charge in [0.1, 0.15) is 0 Å². The van der Waals surface area contributed by atoms with E-state index in [1.807, 2.05) is 30.0 Å². The van der Waals surface area contributed by atoms with Gasteiger partial charge in [-0.15, -0.1) is 11.8 Å². The lowest BCUT2D eigenvalue weighted by molar-refractivity contribution is 0.112. The maximum Gasteiger partial charge on any atom is 0.151 e. The molecule has 0 aromatic heterocycles. The van der Waals surface area contributed by atoms with E-state index in [9.17, 15) is 4.79 Å². The largest absolute Gasteiger partial charge is 0.298 e. The van der Waals surface area contributed by atoms with Crippen molar-refractivity contribution in [2.75, 3.05) is 0 Å². The topological polar surface area (TPSA) is 17.1 Å². The van der Waals surface area contributed by atoms with Gasteiger partial charge in [-0.3, -0.25) is 4.79 Å². The van der Waals surface area contributed by atoms with E-state index in [1.165, 1.54) is 32.1 Å². The summed E-state index contributed by atoms with van der Waals surface area (Å²) in [7, 11) is 0. The molecule has 1 fully saturated rings. The van der Waals surface area contributed by atoms with Gasteiger partial charge in [0.25, 0.3) is 0 Å². The van der Waals surface area contributed by atoms with Crippen LogP contribution in [0.25, 0.3) is 0 Å². The Morgan fingerprint density at radius 2 is 2.00 bits per heavy atom. The fourth-order valence-electron chi connectivity index (χ4n) is 2.08. The first-order chi connectivity index (χ1) is 7.79. The van der Waals surface area contributed by atoms with Crippen LogP contribution in [-0.2, 0) is 0 Å². The van der Waals surface area contributed by atoms with Crippen LogP contribution in [0.5, 0.6) is 0 Å². The van der Waals surface area contributed by atoms with E-state index in [-0.39, 0.29) is 0 Å². The number of hydrogen-bond donors (Lipinski definition) is 0. The number of carbonyl (C=O) groups excluding carboxylic acids is 1. The molecule has 16 heavy (non-hydrogen) atoms. The summed E-state index contributed by atoms with van der Waals surface area (Å²) in [6.07, 6.45) is 7.58. The van der Waals surface area contributed by atoms with Crippen molar-refractivity contribution in [1.29, 1.82) is 0 Å². The number of thioether (sulfide) groups is 1. The third kappa shape index (κ3) is 3.11. The highest BCUT2D eigenvalue weighted by Gasteiger charge is 2.16. The molecule has 1 aromatic rings. The van der Waals surface area contributed by atoms with Crippen LogP contribution in [0, 0.1) is 0 Å². The average molecular weight is 299 g/mol. The number of rotatable bonds is 3. The summed E-state index contributed by atoms with van der Waals surface area (Å²) in [5.41, 5.74) is 0.810. The van der Waals surface area contributed by atoms with Crippen molar-refractivity contribution >= 4 is 34.0 Å². The van der Waals surface area contributed by atoms with Crippen LogP contribution in [0.1, 0.15) is 42.5 Å². The van der Waals surface area contributed by atoms with E-state index < -0.39 is 0 Å². The Kier molecular flexibility index (Phi) is 4.47. The Morgan fingerprint density at radius 3 is 2.69 bits per heavy atom. The summed E-state index contributed by atoms with van der Waals surface area (Å²) in [5, 5.41) is 0.702. The molecule has 1 aliphatic carbocycles. The Hall–Kier alpha value is -0.280. The number of carbonyl (C=O) groups is 1. The van der Waals surface area contributed by atoms with Gasteiger partial charge in [-0.2, -0.15) is 0 Å². The summed E-state index contributed by atoms with van der Waals surface area (Å²) in [6, 6.07) is 5.96. The first-order valence-corrected chi connectivity index (χ1v) is 7.38. The highest BCUT2D eigenvalue weighted by molar-refractivity contribution is 9.10. The van der Waals surface area contributed by atoms with Crippen LogP contribution < -0.4 is 0 Å². The fraction of sp³-hybridized carbons (Fsp3) is 0.462. The standard InChI is InChI=1S/C13H15BrOS/c14-11-6-7-13(10(8-11)9-15)16-12-4-2-1-3-5-12/h6-9,12H,1-5H2. The summed E-state index contributed by atoms with van der Waals surface area (Å²) in [6.45, 7) is 0. The highest BCUT2D eigenvalue weighted by atomic mass is 79.9. The van der Waals surface area contributed by atoms with Crippen molar-refractivity contribution in [2.45, 2.75) is 42.2 Å². The number of aldehydes is 1. The van der Waals surface area contributed by atoms with Crippen LogP contribution in [0.3, 0.4) is 0 Å². The third-order valence-corrected chi connectivity index (χ3v) is 4.87. The summed E-state index contributed by atoms with van der Waals surface area (Å²) in [4.78, 5) is 12.1. The molecule has 0 spiro atoms. The molecule has 0 atom stereocenters. The second kappa shape index (κ2) is 5.87. The van der Waals surface area contributed by atoms with Gasteiger partial charge in [0.2, 0.25) is 0 Å². The summed E-state index contributed by atoms with van der Waals surface area (Å²) in [5.74, 6) is 0. The molecular weight excluding hydrogens is 284 g/mol. The minimum absolute atomic E-state index is 0.702. The van der Waals surface area contributed by atoms with E-state index in [2.05, 4.69) is 15.9 Å². The van der Waals surface area contributed by atoms with E-state index in [4.69, 9.17) is 0 Å². The minimum atomic E-state index is 0.702. The average Bonchev–Trinajstić information content (AvgIpc) is 2.33. The molecule has 1 aliphatic rings. The van der Waals surface area contributed by atoms with Crippen molar-refractivity contribution in [2.24, 2.45) is 0 Å². The molecule has 1 saturated carbocycles. The van der Waals surface area contributed by atoms with Gasteiger partial charge in [0.05, 0.1) is 0 Å². The van der Waals surface area contributed by atoms with Gasteiger partial charge in [0, 0.05) is 20.2 Å². The number of benzene rings is 1. The Bertz CT molecular complexity index is 372. The molecule has 3 heteroatoms. The molecule has 0 unspecified atom stereocenters. The third-order valence-electron chi connectivity index (χ3n) is 2.94. The smallest absolute Gasteiger partial charge is 0.151 e. The zero-order valence-electron chi connectivity index (χ0n) is 9.12. The number of halogens is 1. The Morgan fingerprint density at radius 1 is 1.25 bits per heavy atom. The van der Waals surface area contributed by atoms with Gasteiger partial charge in [-0.1, -0.05) is 35.2 Å². The van der Waals surface area contributed by atoms with Crippen molar-refractivity contribution in [3.63, 3.8) is 0 Å². The second-order valence-corrected chi connectivity index (χ2v) is 6.44. The lowest BCUT2D eigenvalue weighted by atomic mass is 10.0. The van der Waals surface area contributed by atoms with E-state index in [1.54, 1.807) is 0 Å². The Balaban J connectivity index is 2.10. The molecule has 86 valence electrons. The van der Waals surface area contributed by atoms with Gasteiger partial charge in [-0.05, 0) is 31.0 Å². The summed E-state index contributed by atoms with van der Waals surface area (Å²) < 4.78 is 0.975. The lowest BCUT2D eigenvalue weighted by Gasteiger charge is -2.21. The Labute approximate surface area is 109 Å². The maximum atomic E-state index is 11.0. The molecule has 0 heterocycles. The molecule has 1 nitrogen and oxygen atoms in total. The summed E-state index contributed by atoms with van der Waals surface area (Å²) >= 11 is 5.27. The second-order valence-electron chi connectivity index (χ2n) is 4.18. The molecule has 0 radical (unpaired) electrons. The van der Waals surface area contributed by atoms with Gasteiger partial charge < -0.3 is 0 Å². The van der Waals surface area contributed by atoms with Crippen LogP contribution >= 0.6 is 27.7 Å². The number of hydrogen-bond acceptors (Lipinski definition) is 2. The van der Waals surface area contributed by atoms with Gasteiger partial charge >= 0.3 is 0 Å². The van der Waals surface area contributed by atoms with E-state index >= 15 is 0 Å². The fourth-order valence-corrected chi connectivity index (χ4v) is 3.78. The SMILES string of the molecule is O=Cc1cc(Br)ccc1SC1CCCCC1. The van der Waals surface area contributed by atoms with Crippen LogP contribution in [0.2, 0.25) is 0 Å². The first kappa shape index (κ1) is 12.2. The molecule has 0 aliphatic heterocycles. The quantitative estimate of drug-likeness (QED) is 0.753. The van der Waals surface area contributed by atoms with Crippen LogP contribution in [-0.4, -0.2) is 11.5 Å². The minimum Gasteiger partial charge on any atom is -0.298 e. The lowest BCUT2D eigenvalue weighted by Crippen LogP contribution is -2.08. The molecule has 0 bridgehead atoms. The van der Waals surface area contributed by atoms with Crippen molar-refractivity contribution in [3.8, 4) is 0 Å². The normalized spacial score (nSPS) is 17.3. The van der Waals surface area contributed by atoms with Crippen molar-refractivity contribution < 1.29 is 4.79 Å². The maximum absolute atomic E-state index is 11.0. The van der Waals surface area contributed by atoms with E-state index in [0.29, 0.717) is 5.25 Å². The molecule has 2 rings (SSSR count). The molecule has 0 N–H and O–H groups in total. The predicted molar refractivity (Wildman–Crippen MR) is 72.3 cm³/mol. The predicted octanol–water partition coefficient (Wildman–Crippen LogP) is 4.69. The van der Waals surface area contributed by atoms with Crippen LogP contribution in [0.4, 0.5) is 0 Å².